The van der Waals surface area contributed by atoms with Gasteiger partial charge in [-0.2, -0.15) is 0 Å². The molecule has 1 unspecified atom stereocenters. The Balaban J connectivity index is 1.94. The summed E-state index contributed by atoms with van der Waals surface area (Å²) < 4.78 is 6.25. The van der Waals surface area contributed by atoms with Crippen molar-refractivity contribution >= 4 is 5.91 Å². The first kappa shape index (κ1) is 17.6. The summed E-state index contributed by atoms with van der Waals surface area (Å²) in [6.07, 6.45) is 1.20. The van der Waals surface area contributed by atoms with Crippen molar-refractivity contribution in [3.63, 3.8) is 0 Å². The van der Waals surface area contributed by atoms with Gasteiger partial charge >= 0.3 is 0 Å². The molecule has 0 spiro atoms. The molecule has 2 aromatic carbocycles. The molecular formula is C21H26N2O2. The third kappa shape index (κ3) is 4.47. The molecule has 0 aliphatic carbocycles. The molecule has 0 bridgehead atoms. The van der Waals surface area contributed by atoms with Gasteiger partial charge in [0.05, 0.1) is 6.61 Å². The molecule has 25 heavy (non-hydrogen) atoms. The molecule has 0 radical (unpaired) electrons. The monoisotopic (exact) mass is 338 g/mol. The van der Waals surface area contributed by atoms with E-state index < -0.39 is 0 Å². The van der Waals surface area contributed by atoms with Crippen LogP contribution in [0.4, 0.5) is 0 Å². The highest BCUT2D eigenvalue weighted by molar-refractivity contribution is 5.75. The molecule has 2 aromatic rings. The van der Waals surface area contributed by atoms with Crippen LogP contribution < -0.4 is 5.32 Å². The lowest BCUT2D eigenvalue weighted by Crippen LogP contribution is -2.28. The summed E-state index contributed by atoms with van der Waals surface area (Å²) in [5.41, 5.74) is 4.86. The normalized spacial score (nSPS) is 18.1. The number of amides is 1. The fourth-order valence-corrected chi connectivity index (χ4v) is 3.26. The summed E-state index contributed by atoms with van der Waals surface area (Å²) in [5.74, 6) is 0.0716. The van der Waals surface area contributed by atoms with Crippen LogP contribution in [0.15, 0.2) is 48.5 Å². The molecule has 3 rings (SSSR count). The van der Waals surface area contributed by atoms with E-state index >= 15 is 0 Å². The van der Waals surface area contributed by atoms with E-state index in [2.05, 4.69) is 59.7 Å². The van der Waals surface area contributed by atoms with Gasteiger partial charge in [-0.05, 0) is 35.7 Å². The van der Waals surface area contributed by atoms with E-state index in [4.69, 9.17) is 4.74 Å². The molecule has 4 heteroatoms. The highest BCUT2D eigenvalue weighted by atomic mass is 16.5. The number of carbonyl (C=O) groups excluding carboxylic acids is 1. The summed E-state index contributed by atoms with van der Waals surface area (Å²) >= 11 is 0. The van der Waals surface area contributed by atoms with Crippen molar-refractivity contribution in [2.45, 2.75) is 25.5 Å². The van der Waals surface area contributed by atoms with Crippen LogP contribution in [0.1, 0.15) is 34.8 Å². The Morgan fingerprint density at radius 3 is 2.80 bits per heavy atom. The number of rotatable bonds is 4. The fourth-order valence-electron chi connectivity index (χ4n) is 3.26. The number of ether oxygens (including phenoxy) is 1. The molecule has 1 N–H and O–H groups in total. The van der Waals surface area contributed by atoms with E-state index in [0.29, 0.717) is 13.0 Å². The van der Waals surface area contributed by atoms with Crippen LogP contribution in [0.2, 0.25) is 0 Å². The van der Waals surface area contributed by atoms with Gasteiger partial charge in [0, 0.05) is 26.6 Å². The smallest absolute Gasteiger partial charge is 0.220 e. The zero-order chi connectivity index (χ0) is 17.6. The highest BCUT2D eigenvalue weighted by Gasteiger charge is 2.22. The maximum absolute atomic E-state index is 11.6. The van der Waals surface area contributed by atoms with E-state index in [0.717, 1.165) is 19.5 Å². The largest absolute Gasteiger partial charge is 0.367 e. The average Bonchev–Trinajstić information content (AvgIpc) is 2.63. The summed E-state index contributed by atoms with van der Waals surface area (Å²) in [6, 6.07) is 16.9. The predicted octanol–water partition coefficient (Wildman–Crippen LogP) is 2.92. The number of carbonyl (C=O) groups is 1. The Morgan fingerprint density at radius 2 is 2.04 bits per heavy atom. The van der Waals surface area contributed by atoms with Crippen LogP contribution in [-0.2, 0) is 22.5 Å². The van der Waals surface area contributed by atoms with E-state index in [1.54, 1.807) is 7.05 Å². The number of nitrogens with one attached hydrogen (secondary N) is 1. The third-order valence-electron chi connectivity index (χ3n) is 4.71. The van der Waals surface area contributed by atoms with Crippen molar-refractivity contribution in [1.29, 1.82) is 0 Å². The number of aryl methyl sites for hydroxylation is 1. The Morgan fingerprint density at radius 1 is 1.24 bits per heavy atom. The number of hydrogen-bond acceptors (Lipinski definition) is 3. The number of benzene rings is 2. The zero-order valence-electron chi connectivity index (χ0n) is 15.0. The van der Waals surface area contributed by atoms with Crippen LogP contribution in [0.3, 0.4) is 0 Å². The lowest BCUT2D eigenvalue weighted by molar-refractivity contribution is -0.120. The molecule has 1 heterocycles. The van der Waals surface area contributed by atoms with Gasteiger partial charge in [-0.3, -0.25) is 9.69 Å². The lowest BCUT2D eigenvalue weighted by Gasteiger charge is -2.29. The molecule has 4 nitrogen and oxygen atoms in total. The second kappa shape index (κ2) is 8.28. The molecule has 0 aromatic heterocycles. The van der Waals surface area contributed by atoms with E-state index in [-0.39, 0.29) is 12.0 Å². The number of fused-ring (bicyclic) bond motifs is 1. The van der Waals surface area contributed by atoms with Crippen LogP contribution in [0.25, 0.3) is 0 Å². The Kier molecular flexibility index (Phi) is 5.84. The third-order valence-corrected chi connectivity index (χ3v) is 4.71. The highest BCUT2D eigenvalue weighted by Crippen LogP contribution is 2.31. The molecule has 132 valence electrons. The first-order valence-electron chi connectivity index (χ1n) is 8.84. The maximum Gasteiger partial charge on any atom is 0.220 e. The Hall–Kier alpha value is -2.17. The first-order valence-corrected chi connectivity index (χ1v) is 8.84. The summed E-state index contributed by atoms with van der Waals surface area (Å²) in [6.45, 7) is 2.54. The topological polar surface area (TPSA) is 41.6 Å². The summed E-state index contributed by atoms with van der Waals surface area (Å²) in [5, 5.41) is 2.69. The molecule has 1 aliphatic heterocycles. The molecule has 0 saturated carbocycles. The molecule has 0 fully saturated rings. The van der Waals surface area contributed by atoms with Crippen molar-refractivity contribution < 1.29 is 9.53 Å². The minimum Gasteiger partial charge on any atom is -0.367 e. The minimum atomic E-state index is -0.0511. The first-order chi connectivity index (χ1) is 12.2. The summed E-state index contributed by atoms with van der Waals surface area (Å²) in [7, 11) is 3.80. The number of likely N-dealkylation sites (N-methyl/N-ethyl adjacent to an activating group) is 1. The Bertz CT molecular complexity index is 715. The second-order valence-electron chi connectivity index (χ2n) is 6.61. The second-order valence-corrected chi connectivity index (χ2v) is 6.61. The molecule has 1 aliphatic rings. The van der Waals surface area contributed by atoms with E-state index in [1.165, 1.54) is 22.3 Å². The zero-order valence-corrected chi connectivity index (χ0v) is 15.0. The van der Waals surface area contributed by atoms with Crippen molar-refractivity contribution in [2.24, 2.45) is 0 Å². The maximum atomic E-state index is 11.6. The van der Waals surface area contributed by atoms with E-state index in [1.807, 2.05) is 6.07 Å². The molecule has 1 atom stereocenters. The van der Waals surface area contributed by atoms with Crippen molar-refractivity contribution in [1.82, 2.24) is 10.2 Å². The van der Waals surface area contributed by atoms with Crippen LogP contribution in [0.5, 0.6) is 0 Å². The van der Waals surface area contributed by atoms with Gasteiger partial charge in [0.25, 0.3) is 0 Å². The fraction of sp³-hybridized carbons (Fsp3) is 0.381. The van der Waals surface area contributed by atoms with Gasteiger partial charge in [-0.15, -0.1) is 0 Å². The quantitative estimate of drug-likeness (QED) is 0.932. The standard InChI is InChI=1S/C21H26N2O2/c1-22-20(24)11-9-16-8-10-18-15-23(2)12-13-25-21(19(18)14-16)17-6-4-3-5-7-17/h3-8,10,14,21H,9,11-13,15H2,1-2H3,(H,22,24). The SMILES string of the molecule is CNC(=O)CCc1ccc2c(c1)C(c1ccccc1)OCCN(C)C2. The van der Waals surface area contributed by atoms with Crippen LogP contribution in [-0.4, -0.2) is 38.1 Å². The van der Waals surface area contributed by atoms with Gasteiger partial charge in [0.2, 0.25) is 5.91 Å². The molecule has 0 saturated heterocycles. The van der Waals surface area contributed by atoms with Gasteiger partial charge in [-0.1, -0.05) is 48.5 Å². The van der Waals surface area contributed by atoms with Gasteiger partial charge < -0.3 is 10.1 Å². The van der Waals surface area contributed by atoms with Gasteiger partial charge in [0.1, 0.15) is 6.10 Å². The van der Waals surface area contributed by atoms with E-state index in [9.17, 15) is 4.79 Å². The van der Waals surface area contributed by atoms with Crippen molar-refractivity contribution in [3.8, 4) is 0 Å². The minimum absolute atomic E-state index is 0.0511. The molecular weight excluding hydrogens is 312 g/mol. The lowest BCUT2D eigenvalue weighted by atomic mass is 9.93. The van der Waals surface area contributed by atoms with Crippen LogP contribution >= 0.6 is 0 Å². The predicted molar refractivity (Wildman–Crippen MR) is 99.4 cm³/mol. The number of hydrogen-bond donors (Lipinski definition) is 1. The Labute approximate surface area is 149 Å². The van der Waals surface area contributed by atoms with Crippen LogP contribution in [0, 0.1) is 0 Å². The van der Waals surface area contributed by atoms with Gasteiger partial charge in [0.15, 0.2) is 0 Å². The summed E-state index contributed by atoms with van der Waals surface area (Å²) in [4.78, 5) is 13.8. The molecule has 1 amide bonds. The average molecular weight is 338 g/mol. The van der Waals surface area contributed by atoms with Gasteiger partial charge in [-0.25, -0.2) is 0 Å². The van der Waals surface area contributed by atoms with Crippen molar-refractivity contribution in [3.05, 3.63) is 70.8 Å². The van der Waals surface area contributed by atoms with Crippen molar-refractivity contribution in [2.75, 3.05) is 27.2 Å². The number of nitrogens with zero attached hydrogens (tertiary/aromatic N) is 1.